The molecule has 1 unspecified atom stereocenters. The Bertz CT molecular complexity index is 1050. The summed E-state index contributed by atoms with van der Waals surface area (Å²) in [6.07, 6.45) is -1.04. The number of alkyl halides is 3. The summed E-state index contributed by atoms with van der Waals surface area (Å²) in [7, 11) is 0. The molecule has 1 amide bonds. The highest BCUT2D eigenvalue weighted by Gasteiger charge is 2.38. The molecule has 198 valence electrons. The van der Waals surface area contributed by atoms with Gasteiger partial charge in [-0.15, -0.1) is 12.4 Å². The standard InChI is InChI=1S/C24H29F3N4O4.ClH/c1-2-34-21(32)12-17-10-16-4-5-20(11-18(16)13-31(22(17)33)15-24(25,26)27)35-9-6-19-14-30-8-3-7-28-23(30)29-19;/h4-5,11,14,17H,2-3,6-10,12-13,15H2,1H3,(H,28,29);1H. The third kappa shape index (κ3) is 7.05. The number of carbonyl (C=O) groups excluding carboxylic acids is 2. The van der Waals surface area contributed by atoms with E-state index >= 15 is 0 Å². The van der Waals surface area contributed by atoms with Crippen LogP contribution in [0.3, 0.4) is 0 Å². The lowest BCUT2D eigenvalue weighted by molar-refractivity contribution is -0.165. The summed E-state index contributed by atoms with van der Waals surface area (Å²) in [5.41, 5.74) is 2.19. The van der Waals surface area contributed by atoms with Crippen molar-refractivity contribution in [3.05, 3.63) is 41.2 Å². The molecule has 0 bridgehead atoms. The van der Waals surface area contributed by atoms with Crippen molar-refractivity contribution >= 4 is 30.2 Å². The average molecular weight is 531 g/mol. The summed E-state index contributed by atoms with van der Waals surface area (Å²) in [5, 5.41) is 3.25. The molecule has 3 heterocycles. The number of ether oxygens (including phenoxy) is 2. The number of aryl methyl sites for hydroxylation is 1. The second-order valence-corrected chi connectivity index (χ2v) is 8.78. The molecule has 2 aromatic rings. The Balaban J connectivity index is 0.00000361. The molecule has 8 nitrogen and oxygen atoms in total. The average Bonchev–Trinajstić information content (AvgIpc) is 3.16. The Morgan fingerprint density at radius 1 is 1.28 bits per heavy atom. The molecule has 1 aromatic carbocycles. The summed E-state index contributed by atoms with van der Waals surface area (Å²) in [6.45, 7) is 2.37. The first-order valence-electron chi connectivity index (χ1n) is 11.8. The monoisotopic (exact) mass is 530 g/mol. The van der Waals surface area contributed by atoms with Crippen LogP contribution in [0.15, 0.2) is 24.4 Å². The highest BCUT2D eigenvalue weighted by Crippen LogP contribution is 2.30. The lowest BCUT2D eigenvalue weighted by atomic mass is 9.94. The number of halogens is 4. The Labute approximate surface area is 213 Å². The molecule has 1 aromatic heterocycles. The maximum absolute atomic E-state index is 13.2. The topological polar surface area (TPSA) is 85.7 Å². The lowest BCUT2D eigenvalue weighted by Gasteiger charge is -2.25. The van der Waals surface area contributed by atoms with Crippen molar-refractivity contribution in [2.24, 2.45) is 5.92 Å². The molecule has 2 aliphatic rings. The molecule has 0 saturated carbocycles. The molecule has 2 aliphatic heterocycles. The smallest absolute Gasteiger partial charge is 0.406 e. The van der Waals surface area contributed by atoms with E-state index in [9.17, 15) is 22.8 Å². The number of hydrogen-bond acceptors (Lipinski definition) is 6. The van der Waals surface area contributed by atoms with Crippen molar-refractivity contribution in [3.63, 3.8) is 0 Å². The van der Waals surface area contributed by atoms with Gasteiger partial charge >= 0.3 is 12.1 Å². The van der Waals surface area contributed by atoms with Crippen LogP contribution < -0.4 is 10.1 Å². The number of esters is 1. The minimum absolute atomic E-state index is 0. The van der Waals surface area contributed by atoms with Crippen LogP contribution in [0, 0.1) is 5.92 Å². The number of aromatic nitrogens is 2. The summed E-state index contributed by atoms with van der Waals surface area (Å²) in [4.78, 5) is 30.2. The van der Waals surface area contributed by atoms with Crippen molar-refractivity contribution in [1.82, 2.24) is 14.5 Å². The third-order valence-corrected chi connectivity index (χ3v) is 6.07. The predicted octanol–water partition coefficient (Wildman–Crippen LogP) is 3.76. The van der Waals surface area contributed by atoms with E-state index in [2.05, 4.69) is 14.9 Å². The molecule has 12 heteroatoms. The third-order valence-electron chi connectivity index (χ3n) is 6.07. The number of nitrogens with zero attached hydrogens (tertiary/aromatic N) is 3. The lowest BCUT2D eigenvalue weighted by Crippen LogP contribution is -2.41. The van der Waals surface area contributed by atoms with E-state index in [0.717, 1.165) is 41.6 Å². The van der Waals surface area contributed by atoms with Gasteiger partial charge < -0.3 is 24.3 Å². The molecule has 1 N–H and O–H groups in total. The van der Waals surface area contributed by atoms with Gasteiger partial charge in [0.2, 0.25) is 11.9 Å². The van der Waals surface area contributed by atoms with Gasteiger partial charge in [0.05, 0.1) is 31.2 Å². The quantitative estimate of drug-likeness (QED) is 0.523. The highest BCUT2D eigenvalue weighted by atomic mass is 35.5. The molecule has 0 fully saturated rings. The molecule has 0 spiro atoms. The maximum Gasteiger partial charge on any atom is 0.406 e. The molecule has 0 aliphatic carbocycles. The number of imidazole rings is 1. The normalized spacial score (nSPS) is 17.3. The first-order chi connectivity index (χ1) is 16.7. The van der Waals surface area contributed by atoms with E-state index in [1.807, 2.05) is 6.20 Å². The van der Waals surface area contributed by atoms with Gasteiger partial charge in [0, 0.05) is 32.3 Å². The van der Waals surface area contributed by atoms with Crippen molar-refractivity contribution < 1.29 is 32.2 Å². The molecular weight excluding hydrogens is 501 g/mol. The number of benzene rings is 1. The van der Waals surface area contributed by atoms with E-state index < -0.39 is 30.5 Å². The number of carbonyl (C=O) groups is 2. The van der Waals surface area contributed by atoms with Gasteiger partial charge in [-0.25, -0.2) is 4.98 Å². The second kappa shape index (κ2) is 11.9. The van der Waals surface area contributed by atoms with Crippen LogP contribution in [-0.4, -0.2) is 58.8 Å². The summed E-state index contributed by atoms with van der Waals surface area (Å²) in [6, 6.07) is 5.18. The molecule has 0 saturated heterocycles. The Hall–Kier alpha value is -2.95. The van der Waals surface area contributed by atoms with Crippen LogP contribution in [-0.2, 0) is 40.3 Å². The fourth-order valence-electron chi connectivity index (χ4n) is 4.49. The molecule has 0 radical (unpaired) electrons. The molecule has 1 atom stereocenters. The minimum atomic E-state index is -4.55. The van der Waals surface area contributed by atoms with E-state index in [0.29, 0.717) is 24.3 Å². The summed E-state index contributed by atoms with van der Waals surface area (Å²) < 4.78 is 52.5. The summed E-state index contributed by atoms with van der Waals surface area (Å²) >= 11 is 0. The molecule has 4 rings (SSSR count). The second-order valence-electron chi connectivity index (χ2n) is 8.78. The van der Waals surface area contributed by atoms with Crippen LogP contribution in [0.5, 0.6) is 5.75 Å². The van der Waals surface area contributed by atoms with E-state index in [4.69, 9.17) is 9.47 Å². The fourth-order valence-corrected chi connectivity index (χ4v) is 4.49. The van der Waals surface area contributed by atoms with E-state index in [-0.39, 0.29) is 38.4 Å². The summed E-state index contributed by atoms with van der Waals surface area (Å²) in [5.74, 6) is -0.856. The minimum Gasteiger partial charge on any atom is -0.493 e. The van der Waals surface area contributed by atoms with Crippen LogP contribution in [0.4, 0.5) is 19.1 Å². The SMILES string of the molecule is CCOC(=O)CC1Cc2ccc(OCCc3cn4c(n3)NCCC4)cc2CN(CC(F)(F)F)C1=O.Cl. The Kier molecular flexibility index (Phi) is 9.10. The number of anilines is 1. The zero-order chi connectivity index (χ0) is 25.0. The van der Waals surface area contributed by atoms with Crippen LogP contribution >= 0.6 is 12.4 Å². The molecular formula is C24H30ClF3N4O4. The first-order valence-corrected chi connectivity index (χ1v) is 11.8. The highest BCUT2D eigenvalue weighted by molar-refractivity contribution is 5.85. The fraction of sp³-hybridized carbons (Fsp3) is 0.542. The first kappa shape index (κ1) is 27.6. The number of amides is 1. The van der Waals surface area contributed by atoms with Gasteiger partial charge in [-0.3, -0.25) is 9.59 Å². The number of rotatable bonds is 8. The Morgan fingerprint density at radius 2 is 2.08 bits per heavy atom. The van der Waals surface area contributed by atoms with Crippen molar-refractivity contribution in [3.8, 4) is 5.75 Å². The van der Waals surface area contributed by atoms with E-state index in [1.54, 1.807) is 25.1 Å². The Morgan fingerprint density at radius 3 is 2.81 bits per heavy atom. The van der Waals surface area contributed by atoms with Gasteiger partial charge in [0.1, 0.15) is 12.3 Å². The van der Waals surface area contributed by atoms with Crippen LogP contribution in [0.1, 0.15) is 36.6 Å². The van der Waals surface area contributed by atoms with Crippen LogP contribution in [0.2, 0.25) is 0 Å². The van der Waals surface area contributed by atoms with Gasteiger partial charge in [0.25, 0.3) is 0 Å². The number of nitrogens with one attached hydrogen (secondary N) is 1. The zero-order valence-electron chi connectivity index (χ0n) is 20.0. The van der Waals surface area contributed by atoms with E-state index in [1.165, 1.54) is 0 Å². The van der Waals surface area contributed by atoms with Crippen molar-refractivity contribution in [1.29, 1.82) is 0 Å². The predicted molar refractivity (Wildman–Crippen MR) is 128 cm³/mol. The molecule has 36 heavy (non-hydrogen) atoms. The van der Waals surface area contributed by atoms with Gasteiger partial charge in [-0.05, 0) is 43.0 Å². The van der Waals surface area contributed by atoms with Gasteiger partial charge in [-0.2, -0.15) is 13.2 Å². The van der Waals surface area contributed by atoms with Gasteiger partial charge in [0.15, 0.2) is 0 Å². The number of hydrogen-bond donors (Lipinski definition) is 1. The largest absolute Gasteiger partial charge is 0.493 e. The maximum atomic E-state index is 13.2. The van der Waals surface area contributed by atoms with Crippen molar-refractivity contribution in [2.75, 3.05) is 31.6 Å². The van der Waals surface area contributed by atoms with Crippen molar-refractivity contribution in [2.45, 2.75) is 51.9 Å². The number of fused-ring (bicyclic) bond motifs is 2. The zero-order valence-corrected chi connectivity index (χ0v) is 20.8. The van der Waals surface area contributed by atoms with Gasteiger partial charge in [-0.1, -0.05) is 6.07 Å². The van der Waals surface area contributed by atoms with Crippen LogP contribution in [0.25, 0.3) is 0 Å².